The lowest BCUT2D eigenvalue weighted by molar-refractivity contribution is -0.134. The van der Waals surface area contributed by atoms with E-state index in [0.717, 1.165) is 17.0 Å². The van der Waals surface area contributed by atoms with Gasteiger partial charge in [0.25, 0.3) is 5.91 Å². The Morgan fingerprint density at radius 1 is 0.963 bits per heavy atom. The molecule has 0 atom stereocenters. The van der Waals surface area contributed by atoms with Gasteiger partial charge in [-0.2, -0.15) is 0 Å². The third-order valence-corrected chi connectivity index (χ3v) is 4.75. The maximum Gasteiger partial charge on any atom is 0.338 e. The van der Waals surface area contributed by atoms with E-state index < -0.39 is 5.97 Å². The Morgan fingerprint density at radius 2 is 1.63 bits per heavy atom. The first-order valence-corrected chi connectivity index (χ1v) is 8.98. The van der Waals surface area contributed by atoms with E-state index in [4.69, 9.17) is 9.47 Å². The lowest BCUT2D eigenvalue weighted by atomic mass is 10.1. The molecule has 1 amide bonds. The van der Waals surface area contributed by atoms with E-state index in [1.54, 1.807) is 24.1 Å². The fraction of sp³-hybridized carbons (Fsp3) is 0.333. The van der Waals surface area contributed by atoms with Crippen molar-refractivity contribution in [3.05, 3.63) is 59.7 Å². The van der Waals surface area contributed by atoms with Crippen LogP contribution in [0.3, 0.4) is 0 Å². The maximum absolute atomic E-state index is 12.4. The predicted molar refractivity (Wildman–Crippen MR) is 103 cm³/mol. The molecule has 1 aliphatic heterocycles. The van der Waals surface area contributed by atoms with Gasteiger partial charge in [-0.05, 0) is 30.7 Å². The van der Waals surface area contributed by atoms with Gasteiger partial charge in [0.05, 0.1) is 18.4 Å². The summed E-state index contributed by atoms with van der Waals surface area (Å²) in [4.78, 5) is 28.5. The van der Waals surface area contributed by atoms with Gasteiger partial charge in [-0.1, -0.05) is 30.3 Å². The normalized spacial score (nSPS) is 14.0. The van der Waals surface area contributed by atoms with Crippen LogP contribution in [0.2, 0.25) is 0 Å². The summed E-state index contributed by atoms with van der Waals surface area (Å²) in [6.07, 6.45) is 0. The number of rotatable bonds is 5. The zero-order valence-electron chi connectivity index (χ0n) is 15.7. The molecular formula is C21H24N2O4. The number of aryl methyl sites for hydroxylation is 1. The molecule has 0 saturated carbocycles. The third kappa shape index (κ3) is 4.39. The van der Waals surface area contributed by atoms with Crippen LogP contribution < -0.4 is 9.64 Å². The number of carbonyl (C=O) groups excluding carboxylic acids is 2. The number of benzene rings is 2. The van der Waals surface area contributed by atoms with Crippen molar-refractivity contribution >= 4 is 17.6 Å². The van der Waals surface area contributed by atoms with Crippen LogP contribution in [0.4, 0.5) is 5.69 Å². The third-order valence-electron chi connectivity index (χ3n) is 4.75. The molecule has 0 spiro atoms. The van der Waals surface area contributed by atoms with E-state index in [-0.39, 0.29) is 12.5 Å². The quantitative estimate of drug-likeness (QED) is 0.759. The molecule has 1 saturated heterocycles. The van der Waals surface area contributed by atoms with Gasteiger partial charge in [-0.15, -0.1) is 0 Å². The van der Waals surface area contributed by atoms with E-state index in [0.29, 0.717) is 31.7 Å². The number of esters is 1. The average molecular weight is 368 g/mol. The van der Waals surface area contributed by atoms with Crippen LogP contribution in [0.15, 0.2) is 48.5 Å². The number of nitrogens with zero attached hydrogens (tertiary/aromatic N) is 2. The number of ether oxygens (including phenoxy) is 2. The number of amides is 1. The zero-order chi connectivity index (χ0) is 19.2. The molecule has 0 unspecified atom stereocenters. The minimum atomic E-state index is -0.464. The van der Waals surface area contributed by atoms with Gasteiger partial charge in [-0.25, -0.2) is 4.79 Å². The number of hydrogen-bond acceptors (Lipinski definition) is 5. The summed E-state index contributed by atoms with van der Waals surface area (Å²) in [5.74, 6) is 0.190. The van der Waals surface area contributed by atoms with E-state index in [1.807, 2.05) is 43.3 Å². The number of methoxy groups -OCH3 is 1. The molecule has 2 aromatic carbocycles. The molecule has 6 heteroatoms. The summed E-state index contributed by atoms with van der Waals surface area (Å²) < 4.78 is 10.6. The molecule has 0 radical (unpaired) electrons. The van der Waals surface area contributed by atoms with Crippen LogP contribution in [0.25, 0.3) is 0 Å². The van der Waals surface area contributed by atoms with Gasteiger partial charge < -0.3 is 19.3 Å². The Bertz CT molecular complexity index is 813. The monoisotopic (exact) mass is 368 g/mol. The Balaban J connectivity index is 1.51. The maximum atomic E-state index is 12.4. The number of carbonyl (C=O) groups is 2. The van der Waals surface area contributed by atoms with Crippen molar-refractivity contribution in [1.29, 1.82) is 0 Å². The van der Waals surface area contributed by atoms with Gasteiger partial charge in [0, 0.05) is 26.2 Å². The van der Waals surface area contributed by atoms with Crippen molar-refractivity contribution in [3.8, 4) is 5.75 Å². The Hall–Kier alpha value is -3.02. The molecule has 0 N–H and O–H groups in total. The molecule has 0 aromatic heterocycles. The van der Waals surface area contributed by atoms with E-state index in [2.05, 4.69) is 4.90 Å². The molecule has 6 nitrogen and oxygen atoms in total. The smallest absolute Gasteiger partial charge is 0.338 e. The summed E-state index contributed by atoms with van der Waals surface area (Å²) in [6.45, 7) is 4.19. The first kappa shape index (κ1) is 18.8. The largest absolute Gasteiger partial charge is 0.495 e. The van der Waals surface area contributed by atoms with Crippen LogP contribution in [0, 0.1) is 6.92 Å². The van der Waals surface area contributed by atoms with Crippen molar-refractivity contribution in [2.75, 3.05) is 44.8 Å². The van der Waals surface area contributed by atoms with Crippen molar-refractivity contribution in [2.45, 2.75) is 6.92 Å². The second-order valence-electron chi connectivity index (χ2n) is 6.43. The number of anilines is 1. The van der Waals surface area contributed by atoms with Crippen molar-refractivity contribution in [2.24, 2.45) is 0 Å². The Labute approximate surface area is 159 Å². The molecule has 0 aliphatic carbocycles. The number of piperazine rings is 1. The molecule has 2 aromatic rings. The fourth-order valence-electron chi connectivity index (χ4n) is 3.19. The van der Waals surface area contributed by atoms with Gasteiger partial charge in [0.2, 0.25) is 0 Å². The van der Waals surface area contributed by atoms with Crippen LogP contribution in [0.5, 0.6) is 5.75 Å². The second kappa shape index (κ2) is 8.58. The first-order valence-electron chi connectivity index (χ1n) is 8.98. The van der Waals surface area contributed by atoms with Gasteiger partial charge in [0.15, 0.2) is 6.61 Å². The highest BCUT2D eigenvalue weighted by Gasteiger charge is 2.24. The Kier molecular flexibility index (Phi) is 5.96. The molecule has 0 bridgehead atoms. The van der Waals surface area contributed by atoms with Crippen molar-refractivity contribution < 1.29 is 19.1 Å². The lowest BCUT2D eigenvalue weighted by Gasteiger charge is -2.36. The summed E-state index contributed by atoms with van der Waals surface area (Å²) in [7, 11) is 1.65. The number of para-hydroxylation sites is 2. The molecule has 3 rings (SSSR count). The second-order valence-corrected chi connectivity index (χ2v) is 6.43. The fourth-order valence-corrected chi connectivity index (χ4v) is 3.19. The minimum absolute atomic E-state index is 0.170. The highest BCUT2D eigenvalue weighted by Crippen LogP contribution is 2.28. The van der Waals surface area contributed by atoms with Crippen molar-refractivity contribution in [3.63, 3.8) is 0 Å². The number of hydrogen-bond donors (Lipinski definition) is 0. The van der Waals surface area contributed by atoms with Gasteiger partial charge in [0.1, 0.15) is 5.75 Å². The van der Waals surface area contributed by atoms with Crippen molar-refractivity contribution in [1.82, 2.24) is 4.90 Å². The van der Waals surface area contributed by atoms with E-state index >= 15 is 0 Å². The van der Waals surface area contributed by atoms with Crippen LogP contribution in [0.1, 0.15) is 15.9 Å². The van der Waals surface area contributed by atoms with Crippen LogP contribution >= 0.6 is 0 Å². The zero-order valence-corrected chi connectivity index (χ0v) is 15.7. The highest BCUT2D eigenvalue weighted by molar-refractivity contribution is 5.92. The topological polar surface area (TPSA) is 59.1 Å². The highest BCUT2D eigenvalue weighted by atomic mass is 16.5. The van der Waals surface area contributed by atoms with Crippen LogP contribution in [-0.4, -0.2) is 56.7 Å². The molecular weight excluding hydrogens is 344 g/mol. The van der Waals surface area contributed by atoms with Gasteiger partial charge in [-0.3, -0.25) is 4.79 Å². The predicted octanol–water partition coefficient (Wildman–Crippen LogP) is 2.51. The standard InChI is InChI=1S/C21H24N2O4/c1-16-7-3-4-8-17(16)21(25)27-15-20(24)23-13-11-22(12-14-23)18-9-5-6-10-19(18)26-2/h3-10H,11-15H2,1-2H3. The summed E-state index contributed by atoms with van der Waals surface area (Å²) in [5, 5.41) is 0. The first-order chi connectivity index (χ1) is 13.1. The van der Waals surface area contributed by atoms with E-state index in [1.165, 1.54) is 0 Å². The van der Waals surface area contributed by atoms with E-state index in [9.17, 15) is 9.59 Å². The SMILES string of the molecule is COc1ccccc1N1CCN(C(=O)COC(=O)c2ccccc2C)CC1. The summed E-state index contributed by atoms with van der Waals surface area (Å²) >= 11 is 0. The average Bonchev–Trinajstić information content (AvgIpc) is 2.72. The Morgan fingerprint density at radius 3 is 2.33 bits per heavy atom. The molecule has 27 heavy (non-hydrogen) atoms. The molecule has 1 fully saturated rings. The van der Waals surface area contributed by atoms with Crippen LogP contribution in [-0.2, 0) is 9.53 Å². The molecule has 142 valence electrons. The minimum Gasteiger partial charge on any atom is -0.495 e. The summed E-state index contributed by atoms with van der Waals surface area (Å²) in [5.41, 5.74) is 2.35. The summed E-state index contributed by atoms with van der Waals surface area (Å²) in [6, 6.07) is 15.0. The van der Waals surface area contributed by atoms with Gasteiger partial charge >= 0.3 is 5.97 Å². The molecule has 1 heterocycles. The lowest BCUT2D eigenvalue weighted by Crippen LogP contribution is -2.50. The molecule has 1 aliphatic rings.